The van der Waals surface area contributed by atoms with Crippen molar-refractivity contribution in [2.45, 2.75) is 56.8 Å². The molecular formula is C26H33N5O6. The Morgan fingerprint density at radius 1 is 0.757 bits per heavy atom. The standard InChI is InChI=1S/C26H33N5O6/c1-16(23(33)31-21(26(36)37)15-18-10-6-3-7-11-18)29-25(35)20(14-17-8-4-2-5-9-17)30-24(34)19(27)12-13-22(28)32/h2-11,16,19-21H,12-15,27H2,1H3,(H2,28,32)(H,29,35)(H,30,34)(H,31,33)(H,36,37). The quantitative estimate of drug-likeness (QED) is 0.199. The van der Waals surface area contributed by atoms with E-state index >= 15 is 0 Å². The van der Waals surface area contributed by atoms with Crippen molar-refractivity contribution >= 4 is 29.6 Å². The zero-order valence-corrected chi connectivity index (χ0v) is 20.6. The fourth-order valence-electron chi connectivity index (χ4n) is 3.49. The maximum Gasteiger partial charge on any atom is 0.326 e. The Hall–Kier alpha value is -4.25. The van der Waals surface area contributed by atoms with E-state index in [-0.39, 0.29) is 25.7 Å². The summed E-state index contributed by atoms with van der Waals surface area (Å²) in [4.78, 5) is 61.0. The van der Waals surface area contributed by atoms with Crippen LogP contribution in [0.15, 0.2) is 60.7 Å². The molecule has 0 radical (unpaired) electrons. The highest BCUT2D eigenvalue weighted by Gasteiger charge is 2.28. The van der Waals surface area contributed by atoms with Gasteiger partial charge >= 0.3 is 5.97 Å². The average Bonchev–Trinajstić information content (AvgIpc) is 2.87. The molecule has 11 nitrogen and oxygen atoms in total. The van der Waals surface area contributed by atoms with Crippen molar-refractivity contribution in [3.8, 4) is 0 Å². The first-order valence-electron chi connectivity index (χ1n) is 11.8. The Labute approximate surface area is 215 Å². The van der Waals surface area contributed by atoms with Crippen LogP contribution < -0.4 is 27.4 Å². The molecule has 2 aromatic rings. The van der Waals surface area contributed by atoms with Crippen LogP contribution in [0.4, 0.5) is 0 Å². The molecule has 0 saturated heterocycles. The van der Waals surface area contributed by atoms with Crippen molar-refractivity contribution in [2.75, 3.05) is 0 Å². The molecule has 0 aliphatic heterocycles. The van der Waals surface area contributed by atoms with E-state index < -0.39 is 53.8 Å². The highest BCUT2D eigenvalue weighted by atomic mass is 16.4. The topological polar surface area (TPSA) is 194 Å². The number of hydrogen-bond acceptors (Lipinski definition) is 6. The number of rotatable bonds is 14. The van der Waals surface area contributed by atoms with Crippen LogP contribution >= 0.6 is 0 Å². The third-order valence-corrected chi connectivity index (χ3v) is 5.60. The molecule has 4 unspecified atom stereocenters. The normalized spacial score (nSPS) is 13.9. The number of carboxylic acid groups (broad SMARTS) is 1. The predicted molar refractivity (Wildman–Crippen MR) is 136 cm³/mol. The van der Waals surface area contributed by atoms with E-state index in [0.29, 0.717) is 0 Å². The van der Waals surface area contributed by atoms with Crippen LogP contribution in [0.3, 0.4) is 0 Å². The second kappa shape index (κ2) is 14.3. The van der Waals surface area contributed by atoms with Crippen LogP contribution in [0.2, 0.25) is 0 Å². The molecule has 2 aromatic carbocycles. The number of nitrogens with one attached hydrogen (secondary N) is 3. The average molecular weight is 512 g/mol. The second-order valence-electron chi connectivity index (χ2n) is 8.68. The van der Waals surface area contributed by atoms with Crippen molar-refractivity contribution in [3.05, 3.63) is 71.8 Å². The molecule has 0 aliphatic carbocycles. The van der Waals surface area contributed by atoms with Gasteiger partial charge in [-0.3, -0.25) is 19.2 Å². The van der Waals surface area contributed by atoms with E-state index in [2.05, 4.69) is 16.0 Å². The molecule has 0 bridgehead atoms. The lowest BCUT2D eigenvalue weighted by molar-refractivity contribution is -0.142. The minimum Gasteiger partial charge on any atom is -0.480 e. The van der Waals surface area contributed by atoms with E-state index in [1.54, 1.807) is 60.7 Å². The highest BCUT2D eigenvalue weighted by Crippen LogP contribution is 2.07. The van der Waals surface area contributed by atoms with Gasteiger partial charge in [0.05, 0.1) is 6.04 Å². The summed E-state index contributed by atoms with van der Waals surface area (Å²) in [5.41, 5.74) is 12.4. The number of primary amides is 1. The summed E-state index contributed by atoms with van der Waals surface area (Å²) in [6, 6.07) is 13.3. The van der Waals surface area contributed by atoms with Crippen LogP contribution in [0.1, 0.15) is 30.9 Å². The number of carbonyl (C=O) groups is 5. The number of nitrogens with two attached hydrogens (primary N) is 2. The lowest BCUT2D eigenvalue weighted by Crippen LogP contribution is -2.57. The molecule has 8 N–H and O–H groups in total. The SMILES string of the molecule is CC(NC(=O)C(Cc1ccccc1)NC(=O)C(N)CCC(N)=O)C(=O)NC(Cc1ccccc1)C(=O)O. The first-order chi connectivity index (χ1) is 17.6. The first kappa shape index (κ1) is 29.0. The molecule has 0 saturated carbocycles. The van der Waals surface area contributed by atoms with E-state index in [1.165, 1.54) is 6.92 Å². The van der Waals surface area contributed by atoms with Crippen molar-refractivity contribution < 1.29 is 29.1 Å². The third kappa shape index (κ3) is 10.1. The van der Waals surface area contributed by atoms with E-state index in [1.807, 2.05) is 0 Å². The molecule has 4 atom stereocenters. The highest BCUT2D eigenvalue weighted by molar-refractivity contribution is 5.94. The smallest absolute Gasteiger partial charge is 0.326 e. The number of carboxylic acids is 1. The van der Waals surface area contributed by atoms with Gasteiger partial charge < -0.3 is 32.5 Å². The Bertz CT molecular complexity index is 1080. The molecule has 4 amide bonds. The zero-order chi connectivity index (χ0) is 27.4. The molecule has 0 aliphatic rings. The number of aliphatic carboxylic acids is 1. The van der Waals surface area contributed by atoms with Gasteiger partial charge in [-0.15, -0.1) is 0 Å². The monoisotopic (exact) mass is 511 g/mol. The maximum absolute atomic E-state index is 13.1. The van der Waals surface area contributed by atoms with E-state index in [0.717, 1.165) is 11.1 Å². The van der Waals surface area contributed by atoms with Gasteiger partial charge in [0, 0.05) is 19.3 Å². The Morgan fingerprint density at radius 3 is 1.73 bits per heavy atom. The molecule has 0 heterocycles. The van der Waals surface area contributed by atoms with Crippen molar-refractivity contribution in [2.24, 2.45) is 11.5 Å². The van der Waals surface area contributed by atoms with Crippen molar-refractivity contribution in [3.63, 3.8) is 0 Å². The van der Waals surface area contributed by atoms with Crippen LogP contribution in [0, 0.1) is 0 Å². The molecule has 0 spiro atoms. The van der Waals surface area contributed by atoms with Crippen LogP contribution in [0.25, 0.3) is 0 Å². The van der Waals surface area contributed by atoms with Gasteiger partial charge in [0.25, 0.3) is 0 Å². The minimum atomic E-state index is -1.21. The summed E-state index contributed by atoms with van der Waals surface area (Å²) < 4.78 is 0. The minimum absolute atomic E-state index is 0.0116. The summed E-state index contributed by atoms with van der Waals surface area (Å²) in [6.07, 6.45) is 0.103. The summed E-state index contributed by atoms with van der Waals surface area (Å²) in [5, 5.41) is 17.1. The first-order valence-corrected chi connectivity index (χ1v) is 11.8. The lowest BCUT2D eigenvalue weighted by Gasteiger charge is -2.23. The number of amides is 4. The van der Waals surface area contributed by atoms with Crippen LogP contribution in [0.5, 0.6) is 0 Å². The molecule has 0 aromatic heterocycles. The van der Waals surface area contributed by atoms with Crippen LogP contribution in [-0.2, 0) is 36.8 Å². The van der Waals surface area contributed by atoms with Gasteiger partial charge in [-0.2, -0.15) is 0 Å². The fraction of sp³-hybridized carbons (Fsp3) is 0.346. The van der Waals surface area contributed by atoms with E-state index in [9.17, 15) is 29.1 Å². The fourth-order valence-corrected chi connectivity index (χ4v) is 3.49. The molecule has 11 heteroatoms. The van der Waals surface area contributed by atoms with Gasteiger partial charge in [0.15, 0.2) is 0 Å². The van der Waals surface area contributed by atoms with Crippen LogP contribution in [-0.4, -0.2) is 58.9 Å². The summed E-state index contributed by atoms with van der Waals surface area (Å²) >= 11 is 0. The number of carbonyl (C=O) groups excluding carboxylic acids is 4. The van der Waals surface area contributed by atoms with Gasteiger partial charge in [-0.1, -0.05) is 60.7 Å². The molecule has 198 valence electrons. The summed E-state index contributed by atoms with van der Waals surface area (Å²) in [7, 11) is 0. The van der Waals surface area contributed by atoms with Gasteiger partial charge in [-0.05, 0) is 24.5 Å². The number of benzene rings is 2. The molecule has 2 rings (SSSR count). The Balaban J connectivity index is 2.06. The largest absolute Gasteiger partial charge is 0.480 e. The van der Waals surface area contributed by atoms with Gasteiger partial charge in [-0.25, -0.2) is 4.79 Å². The molecule has 37 heavy (non-hydrogen) atoms. The maximum atomic E-state index is 13.1. The molecule has 0 fully saturated rings. The van der Waals surface area contributed by atoms with E-state index in [4.69, 9.17) is 11.5 Å². The zero-order valence-electron chi connectivity index (χ0n) is 20.6. The number of hydrogen-bond donors (Lipinski definition) is 6. The Kier molecular flexibility index (Phi) is 11.2. The molecular weight excluding hydrogens is 478 g/mol. The summed E-state index contributed by atoms with van der Waals surface area (Å²) in [5.74, 6) is -3.82. The van der Waals surface area contributed by atoms with Crippen molar-refractivity contribution in [1.82, 2.24) is 16.0 Å². The van der Waals surface area contributed by atoms with Gasteiger partial charge in [0.1, 0.15) is 18.1 Å². The third-order valence-electron chi connectivity index (χ3n) is 5.60. The second-order valence-corrected chi connectivity index (χ2v) is 8.68. The predicted octanol–water partition coefficient (Wildman–Crippen LogP) is -0.376. The summed E-state index contributed by atoms with van der Waals surface area (Å²) in [6.45, 7) is 1.41. The van der Waals surface area contributed by atoms with Crippen molar-refractivity contribution in [1.29, 1.82) is 0 Å². The Morgan fingerprint density at radius 2 is 1.24 bits per heavy atom. The lowest BCUT2D eigenvalue weighted by atomic mass is 10.0. The van der Waals surface area contributed by atoms with Gasteiger partial charge in [0.2, 0.25) is 23.6 Å².